The predicted molar refractivity (Wildman–Crippen MR) is 45.2 cm³/mol. The Morgan fingerprint density at radius 2 is 2.09 bits per heavy atom. The van der Waals surface area contributed by atoms with E-state index in [1.165, 1.54) is 7.11 Å². The van der Waals surface area contributed by atoms with Crippen molar-refractivity contribution < 1.29 is 9.53 Å². The Morgan fingerprint density at radius 3 is 2.45 bits per heavy atom. The summed E-state index contributed by atoms with van der Waals surface area (Å²) in [6.07, 6.45) is 2.50. The molecular weight excluding hydrogens is 140 g/mol. The van der Waals surface area contributed by atoms with Crippen molar-refractivity contribution in [3.05, 3.63) is 11.6 Å². The van der Waals surface area contributed by atoms with Crippen LogP contribution >= 0.6 is 0 Å². The molecule has 0 aromatic carbocycles. The summed E-state index contributed by atoms with van der Waals surface area (Å²) in [5.74, 6) is 0.332. The normalized spacial score (nSPS) is 11.9. The minimum absolute atomic E-state index is 0.261. The topological polar surface area (TPSA) is 26.3 Å². The van der Waals surface area contributed by atoms with Gasteiger partial charge in [-0.3, -0.25) is 0 Å². The van der Waals surface area contributed by atoms with Gasteiger partial charge in [-0.25, -0.2) is 4.79 Å². The Labute approximate surface area is 68.2 Å². The third-order valence-corrected chi connectivity index (χ3v) is 1.30. The van der Waals surface area contributed by atoms with E-state index in [0.29, 0.717) is 5.92 Å². The lowest BCUT2D eigenvalue weighted by Gasteiger charge is -2.03. The summed E-state index contributed by atoms with van der Waals surface area (Å²) in [7, 11) is 1.39. The number of methoxy groups -OCH3 is 1. The Balaban J connectivity index is 3.90. The molecule has 0 saturated carbocycles. The van der Waals surface area contributed by atoms with E-state index in [4.69, 9.17) is 0 Å². The van der Waals surface area contributed by atoms with Gasteiger partial charge in [0.25, 0.3) is 0 Å². The molecule has 0 amide bonds. The van der Waals surface area contributed by atoms with Gasteiger partial charge >= 0.3 is 5.97 Å². The summed E-state index contributed by atoms with van der Waals surface area (Å²) < 4.78 is 4.49. The van der Waals surface area contributed by atoms with Gasteiger partial charge in [-0.2, -0.15) is 0 Å². The summed E-state index contributed by atoms with van der Waals surface area (Å²) in [4.78, 5) is 10.7. The Kier molecular flexibility index (Phi) is 4.59. The number of carbonyl (C=O) groups is 1. The van der Waals surface area contributed by atoms with Crippen molar-refractivity contribution in [3.8, 4) is 0 Å². The van der Waals surface area contributed by atoms with E-state index in [9.17, 15) is 4.79 Å². The van der Waals surface area contributed by atoms with Crippen LogP contribution in [0.4, 0.5) is 0 Å². The molecule has 0 spiro atoms. The molecule has 2 heteroatoms. The molecule has 0 saturated heterocycles. The van der Waals surface area contributed by atoms with Crippen molar-refractivity contribution in [3.63, 3.8) is 0 Å². The van der Waals surface area contributed by atoms with Crippen LogP contribution in [-0.4, -0.2) is 13.1 Å². The maximum atomic E-state index is 10.7. The van der Waals surface area contributed by atoms with E-state index in [-0.39, 0.29) is 5.97 Å². The summed E-state index contributed by atoms with van der Waals surface area (Å²) in [5, 5.41) is 0. The average molecular weight is 156 g/mol. The van der Waals surface area contributed by atoms with Crippen molar-refractivity contribution in [1.29, 1.82) is 0 Å². The first-order valence-corrected chi connectivity index (χ1v) is 3.81. The van der Waals surface area contributed by atoms with Crippen LogP contribution in [0.25, 0.3) is 0 Å². The maximum Gasteiger partial charge on any atom is 0.330 e. The van der Waals surface area contributed by atoms with Crippen LogP contribution in [0.2, 0.25) is 0 Å². The number of rotatable bonds is 3. The van der Waals surface area contributed by atoms with Crippen LogP contribution in [0.15, 0.2) is 11.6 Å². The molecule has 0 aliphatic carbocycles. The molecule has 0 bridgehead atoms. The number of hydrogen-bond donors (Lipinski definition) is 0. The standard InChI is InChI=1S/C9H16O2/c1-7(2)5-8(3)6-9(10)11-4/h6-7H,5H2,1-4H3. The third kappa shape index (κ3) is 5.64. The van der Waals surface area contributed by atoms with Crippen molar-refractivity contribution in [1.82, 2.24) is 0 Å². The highest BCUT2D eigenvalue weighted by atomic mass is 16.5. The van der Waals surface area contributed by atoms with Gasteiger partial charge in [0.1, 0.15) is 0 Å². The molecule has 0 aromatic rings. The van der Waals surface area contributed by atoms with E-state index in [2.05, 4.69) is 18.6 Å². The third-order valence-electron chi connectivity index (χ3n) is 1.30. The fourth-order valence-corrected chi connectivity index (χ4v) is 0.963. The highest BCUT2D eigenvalue weighted by Crippen LogP contribution is 2.09. The molecule has 0 unspecified atom stereocenters. The number of carbonyl (C=O) groups excluding carboxylic acids is 1. The van der Waals surface area contributed by atoms with Gasteiger partial charge in [0.2, 0.25) is 0 Å². The van der Waals surface area contributed by atoms with Gasteiger partial charge < -0.3 is 4.74 Å². The molecule has 0 aliphatic heterocycles. The van der Waals surface area contributed by atoms with E-state index in [1.54, 1.807) is 6.08 Å². The molecule has 11 heavy (non-hydrogen) atoms. The summed E-state index contributed by atoms with van der Waals surface area (Å²) in [6.45, 7) is 6.18. The zero-order valence-electron chi connectivity index (χ0n) is 7.68. The van der Waals surface area contributed by atoms with Crippen LogP contribution < -0.4 is 0 Å². The minimum atomic E-state index is -0.261. The molecule has 0 fully saturated rings. The van der Waals surface area contributed by atoms with Gasteiger partial charge in [0.15, 0.2) is 0 Å². The largest absolute Gasteiger partial charge is 0.466 e. The number of ether oxygens (including phenoxy) is 1. The fraction of sp³-hybridized carbons (Fsp3) is 0.667. The highest BCUT2D eigenvalue weighted by molar-refractivity contribution is 5.82. The van der Waals surface area contributed by atoms with Crippen molar-refractivity contribution >= 4 is 5.97 Å². The van der Waals surface area contributed by atoms with Crippen molar-refractivity contribution in [2.24, 2.45) is 5.92 Å². The van der Waals surface area contributed by atoms with Gasteiger partial charge in [0.05, 0.1) is 7.11 Å². The number of allylic oxidation sites excluding steroid dienone is 1. The predicted octanol–water partition coefficient (Wildman–Crippen LogP) is 2.15. The molecule has 0 aromatic heterocycles. The molecule has 0 radical (unpaired) electrons. The Hall–Kier alpha value is -0.790. The summed E-state index contributed by atoms with van der Waals surface area (Å²) in [6, 6.07) is 0. The van der Waals surface area contributed by atoms with Crippen molar-refractivity contribution in [2.75, 3.05) is 7.11 Å². The van der Waals surface area contributed by atoms with Gasteiger partial charge in [-0.05, 0) is 19.3 Å². The monoisotopic (exact) mass is 156 g/mol. The number of hydrogen-bond acceptors (Lipinski definition) is 2. The molecule has 64 valence electrons. The molecule has 2 nitrogen and oxygen atoms in total. The first-order valence-electron chi connectivity index (χ1n) is 3.81. The van der Waals surface area contributed by atoms with E-state index < -0.39 is 0 Å². The zero-order chi connectivity index (χ0) is 8.85. The summed E-state index contributed by atoms with van der Waals surface area (Å²) in [5.41, 5.74) is 1.08. The molecule has 0 N–H and O–H groups in total. The first kappa shape index (κ1) is 10.2. The minimum Gasteiger partial charge on any atom is -0.466 e. The average Bonchev–Trinajstić information content (AvgIpc) is 1.85. The highest BCUT2D eigenvalue weighted by Gasteiger charge is 1.98. The Morgan fingerprint density at radius 1 is 1.55 bits per heavy atom. The summed E-state index contributed by atoms with van der Waals surface area (Å²) >= 11 is 0. The van der Waals surface area contributed by atoms with Crippen LogP contribution in [0.1, 0.15) is 27.2 Å². The van der Waals surface area contributed by atoms with Gasteiger partial charge in [0, 0.05) is 6.08 Å². The molecule has 0 atom stereocenters. The zero-order valence-corrected chi connectivity index (χ0v) is 7.68. The number of esters is 1. The second-order valence-corrected chi connectivity index (χ2v) is 3.11. The van der Waals surface area contributed by atoms with Crippen LogP contribution in [0.3, 0.4) is 0 Å². The second kappa shape index (κ2) is 4.94. The molecule has 0 rings (SSSR count). The van der Waals surface area contributed by atoms with E-state index >= 15 is 0 Å². The second-order valence-electron chi connectivity index (χ2n) is 3.11. The van der Waals surface area contributed by atoms with Crippen LogP contribution in [0, 0.1) is 5.92 Å². The van der Waals surface area contributed by atoms with Crippen LogP contribution in [-0.2, 0) is 9.53 Å². The first-order chi connectivity index (χ1) is 5.06. The fourth-order valence-electron chi connectivity index (χ4n) is 0.963. The lowest BCUT2D eigenvalue weighted by Crippen LogP contribution is -1.97. The quantitative estimate of drug-likeness (QED) is 0.462. The van der Waals surface area contributed by atoms with E-state index in [1.807, 2.05) is 6.92 Å². The van der Waals surface area contributed by atoms with Gasteiger partial charge in [-0.15, -0.1) is 0 Å². The SMILES string of the molecule is COC(=O)C=C(C)CC(C)C. The van der Waals surface area contributed by atoms with Gasteiger partial charge in [-0.1, -0.05) is 19.4 Å². The van der Waals surface area contributed by atoms with Crippen molar-refractivity contribution in [2.45, 2.75) is 27.2 Å². The lowest BCUT2D eigenvalue weighted by molar-refractivity contribution is -0.134. The maximum absolute atomic E-state index is 10.7. The Bertz CT molecular complexity index is 157. The smallest absolute Gasteiger partial charge is 0.330 e. The lowest BCUT2D eigenvalue weighted by atomic mass is 10.0. The van der Waals surface area contributed by atoms with Crippen LogP contribution in [0.5, 0.6) is 0 Å². The molecule has 0 heterocycles. The molecular formula is C9H16O2. The molecule has 0 aliphatic rings. The van der Waals surface area contributed by atoms with E-state index in [0.717, 1.165) is 12.0 Å².